The SMILES string of the molecule is CCc1cc(Nc2nccn3c(-c4ccc(OC(F)F)c(F)c4F)cnc23)ccc1C(=O)NC(C)CNC(=O)C1CCN(CC2CN(C(=O)OC(C)(C)C)C2)CC1. The zero-order valence-corrected chi connectivity index (χ0v) is 32.6. The second kappa shape index (κ2) is 17.4. The average Bonchev–Trinajstić information content (AvgIpc) is 3.58. The number of amides is 3. The zero-order valence-electron chi connectivity index (χ0n) is 32.6. The van der Waals surface area contributed by atoms with Gasteiger partial charge in [0.05, 0.1) is 11.9 Å². The summed E-state index contributed by atoms with van der Waals surface area (Å²) in [6, 6.07) is 6.92. The maximum Gasteiger partial charge on any atom is 0.410 e. The summed E-state index contributed by atoms with van der Waals surface area (Å²) in [5.41, 5.74) is 1.53. The number of carbonyl (C=O) groups excluding carboxylic acids is 3. The minimum Gasteiger partial charge on any atom is -0.444 e. The van der Waals surface area contributed by atoms with Crippen LogP contribution in [0.2, 0.25) is 0 Å². The first kappa shape index (κ1) is 41.2. The number of aromatic nitrogens is 3. The number of nitrogens with zero attached hydrogens (tertiary/aromatic N) is 5. The second-order valence-electron chi connectivity index (χ2n) is 15.5. The van der Waals surface area contributed by atoms with E-state index in [0.717, 1.165) is 50.2 Å². The fourth-order valence-electron chi connectivity index (χ4n) is 7.10. The smallest absolute Gasteiger partial charge is 0.410 e. The first-order valence-corrected chi connectivity index (χ1v) is 19.0. The number of ether oxygens (including phenoxy) is 2. The largest absolute Gasteiger partial charge is 0.444 e. The van der Waals surface area contributed by atoms with Gasteiger partial charge in [0.2, 0.25) is 11.7 Å². The maximum atomic E-state index is 14.9. The highest BCUT2D eigenvalue weighted by Crippen LogP contribution is 2.33. The molecule has 4 aromatic rings. The molecule has 0 aliphatic carbocycles. The molecule has 2 saturated heterocycles. The van der Waals surface area contributed by atoms with Crippen LogP contribution in [0.4, 0.5) is 33.9 Å². The Morgan fingerprint density at radius 2 is 1.75 bits per heavy atom. The minimum atomic E-state index is -3.31. The van der Waals surface area contributed by atoms with E-state index in [2.05, 4.69) is 35.6 Å². The highest BCUT2D eigenvalue weighted by atomic mass is 19.3. The first-order valence-electron chi connectivity index (χ1n) is 19.0. The third-order valence-corrected chi connectivity index (χ3v) is 10.0. The number of benzene rings is 2. The minimum absolute atomic E-state index is 0.0249. The van der Waals surface area contributed by atoms with Crippen molar-refractivity contribution in [2.24, 2.45) is 11.8 Å². The Morgan fingerprint density at radius 1 is 1.02 bits per heavy atom. The van der Waals surface area contributed by atoms with Crippen LogP contribution in [-0.2, 0) is 16.0 Å². The number of alkyl halides is 2. The summed E-state index contributed by atoms with van der Waals surface area (Å²) in [4.78, 5) is 51.4. The molecule has 2 aliphatic rings. The summed E-state index contributed by atoms with van der Waals surface area (Å²) in [5.74, 6) is -3.54. The van der Waals surface area contributed by atoms with Crippen LogP contribution in [0.25, 0.3) is 16.9 Å². The summed E-state index contributed by atoms with van der Waals surface area (Å²) in [6.07, 6.45) is 6.00. The fourth-order valence-corrected chi connectivity index (χ4v) is 7.10. The number of rotatable bonds is 13. The fraction of sp³-hybridized carbons (Fsp3) is 0.475. The van der Waals surface area contributed by atoms with Crippen molar-refractivity contribution in [2.45, 2.75) is 72.1 Å². The van der Waals surface area contributed by atoms with Crippen LogP contribution in [0.15, 0.2) is 48.9 Å². The van der Waals surface area contributed by atoms with E-state index in [4.69, 9.17) is 4.74 Å². The quantitative estimate of drug-likeness (QED) is 0.131. The van der Waals surface area contributed by atoms with E-state index in [-0.39, 0.29) is 53.3 Å². The predicted molar refractivity (Wildman–Crippen MR) is 204 cm³/mol. The van der Waals surface area contributed by atoms with Gasteiger partial charge in [0.25, 0.3) is 5.91 Å². The van der Waals surface area contributed by atoms with Crippen molar-refractivity contribution in [2.75, 3.05) is 44.6 Å². The molecule has 1 atom stereocenters. The highest BCUT2D eigenvalue weighted by molar-refractivity contribution is 5.96. The summed E-state index contributed by atoms with van der Waals surface area (Å²) in [5, 5.41) is 9.16. The molecule has 2 aromatic heterocycles. The number of halogens is 4. The molecular formula is C40H48F4N8O5. The number of likely N-dealkylation sites (tertiary alicyclic amines) is 2. The Kier molecular flexibility index (Phi) is 12.5. The first-order chi connectivity index (χ1) is 27.1. The van der Waals surface area contributed by atoms with Gasteiger partial charge in [-0.05, 0) is 95.9 Å². The number of fused-ring (bicyclic) bond motifs is 1. The highest BCUT2D eigenvalue weighted by Gasteiger charge is 2.36. The van der Waals surface area contributed by atoms with Crippen LogP contribution in [0.1, 0.15) is 63.4 Å². The van der Waals surface area contributed by atoms with Gasteiger partial charge in [-0.15, -0.1) is 0 Å². The monoisotopic (exact) mass is 796 g/mol. The average molecular weight is 797 g/mol. The van der Waals surface area contributed by atoms with Gasteiger partial charge < -0.3 is 35.2 Å². The number of imidazole rings is 1. The number of nitrogens with one attached hydrogen (secondary N) is 3. The van der Waals surface area contributed by atoms with Crippen molar-refractivity contribution < 1.29 is 41.4 Å². The van der Waals surface area contributed by atoms with E-state index in [1.807, 2.05) is 40.7 Å². The predicted octanol–water partition coefficient (Wildman–Crippen LogP) is 6.40. The van der Waals surface area contributed by atoms with E-state index in [1.165, 1.54) is 23.0 Å². The van der Waals surface area contributed by atoms with Crippen LogP contribution >= 0.6 is 0 Å². The van der Waals surface area contributed by atoms with Gasteiger partial charge in [0.1, 0.15) is 5.60 Å². The Balaban J connectivity index is 0.985. The molecule has 13 nitrogen and oxygen atoms in total. The number of piperidine rings is 1. The lowest BCUT2D eigenvalue weighted by molar-refractivity contribution is -0.126. The third kappa shape index (κ3) is 9.93. The van der Waals surface area contributed by atoms with Gasteiger partial charge in [0.15, 0.2) is 23.0 Å². The molecule has 57 heavy (non-hydrogen) atoms. The van der Waals surface area contributed by atoms with Crippen molar-refractivity contribution in [3.8, 4) is 17.0 Å². The number of carbonyl (C=O) groups is 3. The van der Waals surface area contributed by atoms with Gasteiger partial charge in [-0.25, -0.2) is 19.2 Å². The van der Waals surface area contributed by atoms with Crippen LogP contribution in [-0.4, -0.2) is 99.6 Å². The van der Waals surface area contributed by atoms with Crippen molar-refractivity contribution in [1.82, 2.24) is 34.8 Å². The van der Waals surface area contributed by atoms with E-state index in [0.29, 0.717) is 42.5 Å². The lowest BCUT2D eigenvalue weighted by Crippen LogP contribution is -2.55. The Labute approximate surface area is 328 Å². The Bertz CT molecular complexity index is 2090. The molecule has 306 valence electrons. The van der Waals surface area contributed by atoms with Crippen LogP contribution in [0.3, 0.4) is 0 Å². The van der Waals surface area contributed by atoms with Crippen molar-refractivity contribution in [3.63, 3.8) is 0 Å². The van der Waals surface area contributed by atoms with Crippen molar-refractivity contribution >= 4 is 35.1 Å². The van der Waals surface area contributed by atoms with E-state index in [1.54, 1.807) is 17.0 Å². The van der Waals surface area contributed by atoms with Crippen LogP contribution in [0.5, 0.6) is 5.75 Å². The number of aryl methyl sites for hydroxylation is 1. The van der Waals surface area contributed by atoms with Gasteiger partial charge in [0, 0.05) is 73.3 Å². The molecule has 3 amide bonds. The molecule has 2 fully saturated rings. The summed E-state index contributed by atoms with van der Waals surface area (Å²) < 4.78 is 65.6. The number of anilines is 2. The molecule has 0 saturated carbocycles. The van der Waals surface area contributed by atoms with Crippen LogP contribution in [0, 0.1) is 23.5 Å². The molecule has 4 heterocycles. The Hall–Kier alpha value is -5.45. The third-order valence-electron chi connectivity index (χ3n) is 10.0. The maximum absolute atomic E-state index is 14.9. The lowest BCUT2D eigenvalue weighted by atomic mass is 9.93. The van der Waals surface area contributed by atoms with Crippen molar-refractivity contribution in [1.29, 1.82) is 0 Å². The standard InChI is InChI=1S/C40H48F4N8O5/c1-6-25-17-27(49-34-35-46-19-30(52(35)16-13-45-34)29-9-10-31(56-38(43)44)33(42)32(29)41)7-8-28(25)37(54)48-23(2)18-47-36(53)26-11-14-50(15-12-26)20-24-21-51(22-24)39(55)57-40(3,4)5/h7-10,13,16-17,19,23-24,26,38H,6,11-12,14-15,18,20-22H2,1-5H3,(H,45,49)(H,47,53)(H,48,54). The van der Waals surface area contributed by atoms with E-state index >= 15 is 0 Å². The molecule has 0 bridgehead atoms. The van der Waals surface area contributed by atoms with Crippen molar-refractivity contribution in [3.05, 3.63) is 71.7 Å². The summed E-state index contributed by atoms with van der Waals surface area (Å²) >= 11 is 0. The van der Waals surface area contributed by atoms with Gasteiger partial charge in [-0.1, -0.05) is 6.92 Å². The molecule has 17 heteroatoms. The van der Waals surface area contributed by atoms with Gasteiger partial charge in [-0.3, -0.25) is 14.0 Å². The molecule has 6 rings (SSSR count). The number of hydrogen-bond acceptors (Lipinski definition) is 9. The zero-order chi connectivity index (χ0) is 41.0. The summed E-state index contributed by atoms with van der Waals surface area (Å²) in [6.45, 7) is 10.2. The van der Waals surface area contributed by atoms with Gasteiger partial charge >= 0.3 is 12.7 Å². The molecule has 3 N–H and O–H groups in total. The number of hydrogen-bond donors (Lipinski definition) is 3. The molecular weight excluding hydrogens is 748 g/mol. The second-order valence-corrected chi connectivity index (χ2v) is 15.5. The molecule has 0 spiro atoms. The van der Waals surface area contributed by atoms with Crippen LogP contribution < -0.4 is 20.7 Å². The topological polar surface area (TPSA) is 142 Å². The molecule has 2 aliphatic heterocycles. The molecule has 0 radical (unpaired) electrons. The van der Waals surface area contributed by atoms with E-state index < -0.39 is 29.6 Å². The van der Waals surface area contributed by atoms with Gasteiger partial charge in [-0.2, -0.15) is 13.2 Å². The normalized spacial score (nSPS) is 16.0. The van der Waals surface area contributed by atoms with E-state index in [9.17, 15) is 31.9 Å². The Morgan fingerprint density at radius 3 is 2.44 bits per heavy atom. The molecule has 2 aromatic carbocycles. The molecule has 1 unspecified atom stereocenters. The lowest BCUT2D eigenvalue weighted by Gasteiger charge is -2.43. The summed E-state index contributed by atoms with van der Waals surface area (Å²) in [7, 11) is 0.